The van der Waals surface area contributed by atoms with E-state index in [9.17, 15) is 14.1 Å². The molecular weight excluding hydrogens is 382 g/mol. The topological polar surface area (TPSA) is 96.9 Å². The fourth-order valence-corrected chi connectivity index (χ4v) is 3.02. The standard InChI is InChI=1S/C20H31NO6S/c1-19(2,3)27-18(23)26-16(17(22)25-7)15(21-28(24)20(4,5)6)13-14-11-9-8-10-12-14/h8-12,15-16,21H,13H2,1-7H3/t15-,16+,28?/m1/s1. The number of carbonyl (C=O) groups is 2. The Morgan fingerprint density at radius 3 is 2.14 bits per heavy atom. The summed E-state index contributed by atoms with van der Waals surface area (Å²) in [5.74, 6) is -0.759. The Morgan fingerprint density at radius 1 is 1.11 bits per heavy atom. The summed E-state index contributed by atoms with van der Waals surface area (Å²) >= 11 is -1.50. The van der Waals surface area contributed by atoms with Crippen molar-refractivity contribution >= 4 is 23.5 Å². The van der Waals surface area contributed by atoms with E-state index in [4.69, 9.17) is 14.2 Å². The van der Waals surface area contributed by atoms with Crippen LogP contribution in [0.4, 0.5) is 4.79 Å². The molecule has 8 heteroatoms. The van der Waals surface area contributed by atoms with Gasteiger partial charge in [-0.3, -0.25) is 0 Å². The Hall–Kier alpha value is -1.77. The highest BCUT2D eigenvalue weighted by atomic mass is 32.2. The summed E-state index contributed by atoms with van der Waals surface area (Å²) in [6.07, 6.45) is -2.03. The van der Waals surface area contributed by atoms with Gasteiger partial charge in [-0.2, -0.15) is 0 Å². The van der Waals surface area contributed by atoms with Gasteiger partial charge in [-0.25, -0.2) is 9.59 Å². The second-order valence-corrected chi connectivity index (χ2v) is 10.3. The average Bonchev–Trinajstić information content (AvgIpc) is 2.57. The quantitative estimate of drug-likeness (QED) is 0.542. The Bertz CT molecular complexity index is 638. The number of carbonyl (C=O) groups excluding carboxylic acids is 2. The molecule has 0 aliphatic carbocycles. The number of benzene rings is 1. The highest BCUT2D eigenvalue weighted by Gasteiger charge is 2.40. The second kappa shape index (κ2) is 10.1. The molecule has 1 N–H and O–H groups in total. The lowest BCUT2D eigenvalue weighted by atomic mass is 10.0. The third-order valence-corrected chi connectivity index (χ3v) is 5.15. The van der Waals surface area contributed by atoms with Crippen LogP contribution in [0.1, 0.15) is 47.1 Å². The van der Waals surface area contributed by atoms with Crippen molar-refractivity contribution in [3.05, 3.63) is 35.9 Å². The molecule has 0 amide bonds. The molecule has 3 atom stereocenters. The third kappa shape index (κ3) is 8.50. The summed E-state index contributed by atoms with van der Waals surface area (Å²) in [5.41, 5.74) is 0.0986. The van der Waals surface area contributed by atoms with Gasteiger partial charge in [-0.1, -0.05) is 30.3 Å². The number of methoxy groups -OCH3 is 1. The predicted octanol–water partition coefficient (Wildman–Crippen LogP) is 3.14. The van der Waals surface area contributed by atoms with E-state index in [2.05, 4.69) is 4.72 Å². The minimum absolute atomic E-state index is 0.297. The van der Waals surface area contributed by atoms with Crippen LogP contribution in [0.3, 0.4) is 0 Å². The van der Waals surface area contributed by atoms with Gasteiger partial charge in [0.25, 0.3) is 0 Å². The van der Waals surface area contributed by atoms with E-state index >= 15 is 0 Å². The zero-order valence-electron chi connectivity index (χ0n) is 17.6. The summed E-state index contributed by atoms with van der Waals surface area (Å²) in [6.45, 7) is 10.5. The molecule has 7 nitrogen and oxygen atoms in total. The van der Waals surface area contributed by atoms with Crippen LogP contribution in [0.25, 0.3) is 0 Å². The minimum Gasteiger partial charge on any atom is -0.598 e. The van der Waals surface area contributed by atoms with Crippen molar-refractivity contribution in [3.8, 4) is 0 Å². The van der Waals surface area contributed by atoms with Gasteiger partial charge in [0.1, 0.15) is 16.4 Å². The molecule has 0 aromatic heterocycles. The average molecular weight is 414 g/mol. The van der Waals surface area contributed by atoms with Gasteiger partial charge in [0.2, 0.25) is 6.10 Å². The van der Waals surface area contributed by atoms with Gasteiger partial charge in [-0.05, 0) is 53.5 Å². The largest absolute Gasteiger partial charge is 0.598 e. The van der Waals surface area contributed by atoms with Gasteiger partial charge in [0.05, 0.1) is 7.11 Å². The van der Waals surface area contributed by atoms with Crippen LogP contribution in [0, 0.1) is 0 Å². The molecule has 1 aromatic carbocycles. The molecule has 0 aliphatic rings. The molecule has 158 valence electrons. The molecule has 0 bridgehead atoms. The summed E-state index contributed by atoms with van der Waals surface area (Å²) in [5, 5.41) is 0. The maximum Gasteiger partial charge on any atom is 0.509 e. The maximum absolute atomic E-state index is 12.7. The zero-order chi connectivity index (χ0) is 21.5. The summed E-state index contributed by atoms with van der Waals surface area (Å²) in [4.78, 5) is 24.6. The van der Waals surface area contributed by atoms with Crippen LogP contribution >= 0.6 is 0 Å². The van der Waals surface area contributed by atoms with Crippen LogP contribution in [0.5, 0.6) is 0 Å². The van der Waals surface area contributed by atoms with Gasteiger partial charge in [0, 0.05) is 11.4 Å². The lowest BCUT2D eigenvalue weighted by Crippen LogP contribution is -2.54. The van der Waals surface area contributed by atoms with Crippen molar-refractivity contribution in [2.75, 3.05) is 7.11 Å². The second-order valence-electron chi connectivity index (χ2n) is 8.32. The van der Waals surface area contributed by atoms with Crippen LogP contribution in [-0.2, 0) is 36.8 Å². The van der Waals surface area contributed by atoms with E-state index in [-0.39, 0.29) is 0 Å². The van der Waals surface area contributed by atoms with Crippen molar-refractivity contribution in [1.29, 1.82) is 0 Å². The molecular formula is C20H31NO6S. The van der Waals surface area contributed by atoms with Crippen LogP contribution in [0.15, 0.2) is 30.3 Å². The fourth-order valence-electron chi connectivity index (χ4n) is 2.18. The fraction of sp³-hybridized carbons (Fsp3) is 0.600. The van der Waals surface area contributed by atoms with E-state index in [1.165, 1.54) is 7.11 Å². The maximum atomic E-state index is 12.7. The van der Waals surface area contributed by atoms with E-state index in [1.54, 1.807) is 41.5 Å². The lowest BCUT2D eigenvalue weighted by Gasteiger charge is -2.31. The number of hydrogen-bond donors (Lipinski definition) is 1. The number of hydrogen-bond acceptors (Lipinski definition) is 7. The van der Waals surface area contributed by atoms with E-state index < -0.39 is 46.0 Å². The van der Waals surface area contributed by atoms with E-state index in [1.807, 2.05) is 30.3 Å². The Balaban J connectivity index is 3.13. The smallest absolute Gasteiger partial charge is 0.509 e. The first-order valence-electron chi connectivity index (χ1n) is 9.03. The van der Waals surface area contributed by atoms with Crippen molar-refractivity contribution in [1.82, 2.24) is 4.72 Å². The Labute approximate surface area is 170 Å². The van der Waals surface area contributed by atoms with Gasteiger partial charge in [0.15, 0.2) is 0 Å². The highest BCUT2D eigenvalue weighted by Crippen LogP contribution is 2.19. The van der Waals surface area contributed by atoms with Crippen molar-refractivity contribution in [3.63, 3.8) is 0 Å². The number of rotatable bonds is 7. The van der Waals surface area contributed by atoms with Crippen molar-refractivity contribution < 1.29 is 28.4 Å². The van der Waals surface area contributed by atoms with Gasteiger partial charge >= 0.3 is 12.1 Å². The first kappa shape index (κ1) is 24.3. The minimum atomic E-state index is -1.50. The SMILES string of the molecule is COC(=O)[C@@H](OC(=O)OC(C)(C)C)[C@@H](Cc1ccccc1)N[S+]([O-])C(C)(C)C. The van der Waals surface area contributed by atoms with Crippen molar-refractivity contribution in [2.24, 2.45) is 0 Å². The summed E-state index contributed by atoms with van der Waals surface area (Å²) < 4.78 is 30.3. The lowest BCUT2D eigenvalue weighted by molar-refractivity contribution is -0.154. The molecule has 1 unspecified atom stereocenters. The van der Waals surface area contributed by atoms with Crippen molar-refractivity contribution in [2.45, 2.75) is 70.5 Å². The molecule has 0 saturated heterocycles. The van der Waals surface area contributed by atoms with Crippen LogP contribution in [0.2, 0.25) is 0 Å². The zero-order valence-corrected chi connectivity index (χ0v) is 18.4. The normalized spacial score (nSPS) is 15.3. The van der Waals surface area contributed by atoms with Crippen LogP contribution in [-0.4, -0.2) is 46.3 Å². The van der Waals surface area contributed by atoms with Gasteiger partial charge < -0.3 is 18.8 Å². The molecule has 0 saturated carbocycles. The first-order chi connectivity index (χ1) is 12.8. The molecule has 1 rings (SSSR count). The summed E-state index contributed by atoms with van der Waals surface area (Å²) in [6, 6.07) is 8.55. The first-order valence-corrected chi connectivity index (χ1v) is 10.2. The molecule has 1 aromatic rings. The number of ether oxygens (including phenoxy) is 3. The van der Waals surface area contributed by atoms with Crippen LogP contribution < -0.4 is 4.72 Å². The molecule has 28 heavy (non-hydrogen) atoms. The Morgan fingerprint density at radius 2 is 1.68 bits per heavy atom. The Kier molecular flexibility index (Phi) is 8.78. The molecule has 0 aliphatic heterocycles. The molecule has 0 fully saturated rings. The number of esters is 1. The molecule has 0 spiro atoms. The highest BCUT2D eigenvalue weighted by molar-refractivity contribution is 7.90. The summed E-state index contributed by atoms with van der Waals surface area (Å²) in [7, 11) is 1.20. The molecule has 0 heterocycles. The third-order valence-electron chi connectivity index (χ3n) is 3.52. The molecule has 0 radical (unpaired) electrons. The van der Waals surface area contributed by atoms with Gasteiger partial charge in [-0.15, -0.1) is 4.72 Å². The number of nitrogens with one attached hydrogen (secondary N) is 1. The van der Waals surface area contributed by atoms with E-state index in [0.717, 1.165) is 5.56 Å². The predicted molar refractivity (Wildman–Crippen MR) is 108 cm³/mol. The van der Waals surface area contributed by atoms with E-state index in [0.29, 0.717) is 6.42 Å². The monoisotopic (exact) mass is 413 g/mol.